The number of hydrogen-bond donors (Lipinski definition) is 2. The van der Waals surface area contributed by atoms with E-state index in [4.69, 9.17) is 35.4 Å². The van der Waals surface area contributed by atoms with Crippen molar-refractivity contribution in [2.45, 2.75) is 26.2 Å². The highest BCUT2D eigenvalue weighted by Gasteiger charge is 2.24. The van der Waals surface area contributed by atoms with Crippen LogP contribution >= 0.6 is 46.8 Å². The van der Waals surface area contributed by atoms with Gasteiger partial charge < -0.3 is 5.32 Å². The summed E-state index contributed by atoms with van der Waals surface area (Å²) in [4.78, 5) is 13.5. The van der Waals surface area contributed by atoms with Gasteiger partial charge in [-0.3, -0.25) is 10.1 Å². The van der Waals surface area contributed by atoms with E-state index in [9.17, 15) is 10.1 Å². The van der Waals surface area contributed by atoms with Gasteiger partial charge in [0.1, 0.15) is 11.1 Å². The van der Waals surface area contributed by atoms with Crippen LogP contribution in [0.1, 0.15) is 39.7 Å². The lowest BCUT2D eigenvalue weighted by Gasteiger charge is -2.17. The first kappa shape index (κ1) is 19.1. The van der Waals surface area contributed by atoms with E-state index >= 15 is 0 Å². The van der Waals surface area contributed by atoms with Crippen LogP contribution in [0.4, 0.5) is 5.00 Å². The molecular weight excluding hydrogens is 409 g/mol. The maximum atomic E-state index is 12.3. The summed E-state index contributed by atoms with van der Waals surface area (Å²) >= 11 is 18.6. The minimum absolute atomic E-state index is 0.143. The van der Waals surface area contributed by atoms with Crippen LogP contribution in [0.2, 0.25) is 10.0 Å². The van der Waals surface area contributed by atoms with Crippen LogP contribution in [0, 0.1) is 17.2 Å². The molecule has 0 aliphatic heterocycles. The summed E-state index contributed by atoms with van der Waals surface area (Å²) in [6, 6.07) is 6.87. The molecule has 2 aromatic rings. The molecule has 1 heterocycles. The number of halogens is 2. The van der Waals surface area contributed by atoms with Crippen LogP contribution in [0.3, 0.4) is 0 Å². The van der Waals surface area contributed by atoms with Gasteiger partial charge in [0.25, 0.3) is 5.91 Å². The normalized spacial score (nSPS) is 15.7. The third-order valence-corrected chi connectivity index (χ3v) is 6.37. The maximum absolute atomic E-state index is 12.3. The van der Waals surface area contributed by atoms with Crippen molar-refractivity contribution in [3.8, 4) is 6.07 Å². The lowest BCUT2D eigenvalue weighted by Crippen LogP contribution is -2.34. The summed E-state index contributed by atoms with van der Waals surface area (Å²) in [7, 11) is 0. The van der Waals surface area contributed by atoms with E-state index in [1.165, 1.54) is 22.3 Å². The van der Waals surface area contributed by atoms with Crippen LogP contribution < -0.4 is 10.6 Å². The van der Waals surface area contributed by atoms with Crippen LogP contribution in [-0.4, -0.2) is 11.0 Å². The Bertz CT molecular complexity index is 933. The first-order chi connectivity index (χ1) is 12.4. The second-order valence-corrected chi connectivity index (χ2v) is 8.53. The molecule has 1 atom stereocenters. The molecule has 2 N–H and O–H groups in total. The zero-order valence-corrected chi connectivity index (χ0v) is 17.0. The van der Waals surface area contributed by atoms with Gasteiger partial charge in [-0.25, -0.2) is 0 Å². The SMILES string of the molecule is C[C@H]1CCc2c(sc(NC(=S)NC(=O)c3ccc(Cl)c(Cl)c3)c2C#N)C1. The van der Waals surface area contributed by atoms with Crippen molar-refractivity contribution in [3.63, 3.8) is 0 Å². The summed E-state index contributed by atoms with van der Waals surface area (Å²) in [5, 5.41) is 16.6. The van der Waals surface area contributed by atoms with Crippen molar-refractivity contribution in [1.82, 2.24) is 5.32 Å². The van der Waals surface area contributed by atoms with Gasteiger partial charge in [-0.15, -0.1) is 11.3 Å². The van der Waals surface area contributed by atoms with Gasteiger partial charge in [0.05, 0.1) is 15.6 Å². The number of benzene rings is 1. The van der Waals surface area contributed by atoms with Crippen LogP contribution in [0.5, 0.6) is 0 Å². The lowest BCUT2D eigenvalue weighted by molar-refractivity contribution is 0.0977. The highest BCUT2D eigenvalue weighted by Crippen LogP contribution is 2.39. The summed E-state index contributed by atoms with van der Waals surface area (Å²) < 4.78 is 0. The monoisotopic (exact) mass is 423 g/mol. The molecule has 8 heteroatoms. The Kier molecular flexibility index (Phi) is 5.83. The number of anilines is 1. The fraction of sp³-hybridized carbons (Fsp3) is 0.278. The van der Waals surface area contributed by atoms with Gasteiger partial charge in [0.2, 0.25) is 0 Å². The molecule has 0 bridgehead atoms. The zero-order chi connectivity index (χ0) is 18.8. The summed E-state index contributed by atoms with van der Waals surface area (Å²) in [6.45, 7) is 2.21. The van der Waals surface area contributed by atoms with Crippen molar-refractivity contribution in [2.75, 3.05) is 5.32 Å². The summed E-state index contributed by atoms with van der Waals surface area (Å²) in [5.41, 5.74) is 2.09. The third-order valence-electron chi connectivity index (χ3n) is 4.26. The van der Waals surface area contributed by atoms with E-state index < -0.39 is 5.91 Å². The van der Waals surface area contributed by atoms with Gasteiger partial charge in [-0.1, -0.05) is 30.1 Å². The Morgan fingerprint density at radius 3 is 2.85 bits per heavy atom. The number of nitrogens with zero attached hydrogens (tertiary/aromatic N) is 1. The quantitative estimate of drug-likeness (QED) is 0.653. The minimum atomic E-state index is -0.394. The van der Waals surface area contributed by atoms with E-state index in [1.807, 2.05) is 0 Å². The average Bonchev–Trinajstić information content (AvgIpc) is 2.92. The smallest absolute Gasteiger partial charge is 0.257 e. The van der Waals surface area contributed by atoms with Crippen molar-refractivity contribution in [1.29, 1.82) is 5.26 Å². The van der Waals surface area contributed by atoms with Crippen molar-refractivity contribution in [2.24, 2.45) is 5.92 Å². The van der Waals surface area contributed by atoms with Gasteiger partial charge in [-0.05, 0) is 61.2 Å². The van der Waals surface area contributed by atoms with E-state index in [1.54, 1.807) is 12.1 Å². The molecule has 0 unspecified atom stereocenters. The number of nitrogens with one attached hydrogen (secondary N) is 2. The predicted octanol–water partition coefficient (Wildman–Crippen LogP) is 5.18. The van der Waals surface area contributed by atoms with E-state index in [-0.39, 0.29) is 5.11 Å². The Labute approximate surface area is 171 Å². The first-order valence-electron chi connectivity index (χ1n) is 8.01. The highest BCUT2D eigenvalue weighted by atomic mass is 35.5. The predicted molar refractivity (Wildman–Crippen MR) is 110 cm³/mol. The van der Waals surface area contributed by atoms with Crippen molar-refractivity contribution >= 4 is 62.8 Å². The number of thiocarbonyl (C=S) groups is 1. The fourth-order valence-corrected chi connectivity index (χ4v) is 4.83. The van der Waals surface area contributed by atoms with Crippen molar-refractivity contribution in [3.05, 3.63) is 49.8 Å². The van der Waals surface area contributed by atoms with Gasteiger partial charge in [0, 0.05) is 10.4 Å². The molecule has 1 aromatic carbocycles. The lowest BCUT2D eigenvalue weighted by atomic mass is 9.89. The third kappa shape index (κ3) is 4.02. The molecule has 4 nitrogen and oxygen atoms in total. The molecule has 1 amide bonds. The van der Waals surface area contributed by atoms with Crippen LogP contribution in [0.15, 0.2) is 18.2 Å². The molecule has 26 heavy (non-hydrogen) atoms. The van der Waals surface area contributed by atoms with E-state index in [0.717, 1.165) is 24.8 Å². The topological polar surface area (TPSA) is 64.9 Å². The molecule has 134 valence electrons. The van der Waals surface area contributed by atoms with Crippen molar-refractivity contribution < 1.29 is 4.79 Å². The van der Waals surface area contributed by atoms with Gasteiger partial charge in [0.15, 0.2) is 5.11 Å². The Morgan fingerprint density at radius 2 is 2.15 bits per heavy atom. The molecular formula is C18H15Cl2N3OS2. The molecule has 0 radical (unpaired) electrons. The molecule has 0 saturated carbocycles. The molecule has 3 rings (SSSR count). The second kappa shape index (κ2) is 7.93. The maximum Gasteiger partial charge on any atom is 0.257 e. The fourth-order valence-electron chi connectivity index (χ4n) is 2.90. The van der Waals surface area contributed by atoms with E-state index in [2.05, 4.69) is 23.6 Å². The van der Waals surface area contributed by atoms with E-state index in [0.29, 0.717) is 32.1 Å². The molecule has 0 saturated heterocycles. The standard InChI is InChI=1S/C18H15Cl2N3OS2/c1-9-2-4-11-12(8-21)17(26-15(11)6-9)23-18(25)22-16(24)10-3-5-13(19)14(20)7-10/h3,5,7,9H,2,4,6H2,1H3,(H2,22,23,24,25)/t9-/m0/s1. The Balaban J connectivity index is 1.73. The largest absolute Gasteiger partial charge is 0.323 e. The molecule has 1 aliphatic rings. The minimum Gasteiger partial charge on any atom is -0.323 e. The van der Waals surface area contributed by atoms with Gasteiger partial charge >= 0.3 is 0 Å². The van der Waals surface area contributed by atoms with Crippen LogP contribution in [0.25, 0.3) is 0 Å². The number of nitriles is 1. The summed E-state index contributed by atoms with van der Waals surface area (Å²) in [6.07, 6.45) is 2.95. The number of rotatable bonds is 2. The molecule has 1 aliphatic carbocycles. The number of thiophene rings is 1. The number of carbonyl (C=O) groups excluding carboxylic acids is 1. The Morgan fingerprint density at radius 1 is 1.38 bits per heavy atom. The number of hydrogen-bond acceptors (Lipinski definition) is 4. The molecule has 0 fully saturated rings. The molecule has 0 spiro atoms. The zero-order valence-electron chi connectivity index (χ0n) is 13.9. The molecule has 1 aromatic heterocycles. The average molecular weight is 424 g/mol. The first-order valence-corrected chi connectivity index (χ1v) is 9.99. The van der Waals surface area contributed by atoms with Crippen LogP contribution in [-0.2, 0) is 12.8 Å². The Hall–Kier alpha value is -1.65. The van der Waals surface area contributed by atoms with Gasteiger partial charge in [-0.2, -0.15) is 5.26 Å². The highest BCUT2D eigenvalue weighted by molar-refractivity contribution is 7.80. The second-order valence-electron chi connectivity index (χ2n) is 6.20. The summed E-state index contributed by atoms with van der Waals surface area (Å²) in [5.74, 6) is 0.219. The number of fused-ring (bicyclic) bond motifs is 1. The number of amides is 1. The number of carbonyl (C=O) groups is 1.